The number of anilines is 1. The number of hydrogen-bond acceptors (Lipinski definition) is 5. The summed E-state index contributed by atoms with van der Waals surface area (Å²) in [6, 6.07) is 6.03. The van der Waals surface area contributed by atoms with Crippen molar-refractivity contribution >= 4 is 27.5 Å². The normalized spacial score (nSPS) is 16.0. The number of sulfonamides is 1. The van der Waals surface area contributed by atoms with Gasteiger partial charge in [-0.15, -0.1) is 0 Å². The monoisotopic (exact) mass is 354 g/mol. The summed E-state index contributed by atoms with van der Waals surface area (Å²) in [5.74, 6) is -0.266. The topological polar surface area (TPSA) is 113 Å². The molecule has 24 heavy (non-hydrogen) atoms. The molecule has 8 nitrogen and oxygen atoms in total. The lowest BCUT2D eigenvalue weighted by Crippen LogP contribution is -2.50. The van der Waals surface area contributed by atoms with Crippen molar-refractivity contribution in [3.63, 3.8) is 0 Å². The molecule has 1 aromatic carbocycles. The Morgan fingerprint density at radius 3 is 2.21 bits per heavy atom. The molecule has 9 heteroatoms. The van der Waals surface area contributed by atoms with Crippen molar-refractivity contribution in [2.45, 2.75) is 18.2 Å². The van der Waals surface area contributed by atoms with Crippen LogP contribution in [-0.4, -0.2) is 62.2 Å². The fraction of sp³-hybridized carbons (Fsp3) is 0.467. The molecule has 2 amide bonds. The van der Waals surface area contributed by atoms with E-state index in [9.17, 15) is 18.0 Å². The summed E-state index contributed by atoms with van der Waals surface area (Å²) >= 11 is 0. The first-order valence-corrected chi connectivity index (χ1v) is 9.14. The van der Waals surface area contributed by atoms with E-state index in [1.165, 1.54) is 23.4 Å². The van der Waals surface area contributed by atoms with Crippen LogP contribution in [0.2, 0.25) is 0 Å². The maximum atomic E-state index is 12.6. The molecule has 0 spiro atoms. The van der Waals surface area contributed by atoms with Gasteiger partial charge in [0.2, 0.25) is 21.8 Å². The minimum atomic E-state index is -3.61. The van der Waals surface area contributed by atoms with Crippen LogP contribution in [0.3, 0.4) is 0 Å². The van der Waals surface area contributed by atoms with Crippen molar-refractivity contribution in [2.75, 3.05) is 38.0 Å². The zero-order valence-electron chi connectivity index (χ0n) is 13.6. The van der Waals surface area contributed by atoms with E-state index in [0.717, 1.165) is 0 Å². The molecule has 0 aliphatic carbocycles. The number of nitrogens with one attached hydrogen (secondary N) is 1. The Balaban J connectivity index is 2.03. The fourth-order valence-corrected chi connectivity index (χ4v) is 3.94. The minimum absolute atomic E-state index is 0.0470. The number of nitrogens with two attached hydrogens (primary N) is 1. The highest BCUT2D eigenvalue weighted by atomic mass is 32.2. The Morgan fingerprint density at radius 2 is 1.71 bits per heavy atom. The Hall–Kier alpha value is -1.97. The van der Waals surface area contributed by atoms with E-state index in [4.69, 9.17) is 5.73 Å². The van der Waals surface area contributed by atoms with Crippen molar-refractivity contribution in [1.29, 1.82) is 0 Å². The van der Waals surface area contributed by atoms with E-state index in [1.54, 1.807) is 17.0 Å². The van der Waals surface area contributed by atoms with Gasteiger partial charge in [0.15, 0.2) is 0 Å². The standard InChI is InChI=1S/C15H22N4O4S/c1-12(20)17-13-2-4-14(5-3-13)24(22,23)19-10-8-18(9-11-19)15(21)6-7-16/h2-5H,6-11,16H2,1H3,(H,17,20). The lowest BCUT2D eigenvalue weighted by molar-refractivity contribution is -0.132. The van der Waals surface area contributed by atoms with Crippen LogP contribution in [0.15, 0.2) is 29.2 Å². The van der Waals surface area contributed by atoms with E-state index >= 15 is 0 Å². The maximum Gasteiger partial charge on any atom is 0.243 e. The number of piperazine rings is 1. The van der Waals surface area contributed by atoms with E-state index in [0.29, 0.717) is 18.8 Å². The first kappa shape index (κ1) is 18.4. The molecular weight excluding hydrogens is 332 g/mol. The zero-order valence-corrected chi connectivity index (χ0v) is 14.4. The van der Waals surface area contributed by atoms with E-state index in [-0.39, 0.29) is 42.8 Å². The quantitative estimate of drug-likeness (QED) is 0.762. The Kier molecular flexibility index (Phi) is 5.92. The van der Waals surface area contributed by atoms with Gasteiger partial charge < -0.3 is 16.0 Å². The van der Waals surface area contributed by atoms with Crippen LogP contribution in [0.1, 0.15) is 13.3 Å². The third kappa shape index (κ3) is 4.31. The highest BCUT2D eigenvalue weighted by Crippen LogP contribution is 2.20. The fourth-order valence-electron chi connectivity index (χ4n) is 2.52. The maximum absolute atomic E-state index is 12.6. The number of nitrogens with zero attached hydrogens (tertiary/aromatic N) is 2. The summed E-state index contributed by atoms with van der Waals surface area (Å²) in [4.78, 5) is 24.6. The Bertz CT molecular complexity index is 695. The Morgan fingerprint density at radius 1 is 1.12 bits per heavy atom. The average Bonchev–Trinajstić information content (AvgIpc) is 2.55. The summed E-state index contributed by atoms with van der Waals surface area (Å²) in [7, 11) is -3.61. The molecule has 0 unspecified atom stereocenters. The van der Waals surface area contributed by atoms with Gasteiger partial charge >= 0.3 is 0 Å². The Labute approximate surface area is 141 Å². The van der Waals surface area contributed by atoms with E-state index in [2.05, 4.69) is 5.32 Å². The van der Waals surface area contributed by atoms with E-state index in [1.807, 2.05) is 0 Å². The minimum Gasteiger partial charge on any atom is -0.340 e. The third-order valence-electron chi connectivity index (χ3n) is 3.76. The second-order valence-electron chi connectivity index (χ2n) is 5.53. The predicted octanol–water partition coefficient (Wildman–Crippen LogP) is -0.173. The smallest absolute Gasteiger partial charge is 0.243 e. The largest absolute Gasteiger partial charge is 0.340 e. The summed E-state index contributed by atoms with van der Waals surface area (Å²) in [6.45, 7) is 2.91. The lowest BCUT2D eigenvalue weighted by Gasteiger charge is -2.34. The van der Waals surface area contributed by atoms with Crippen molar-refractivity contribution in [2.24, 2.45) is 5.73 Å². The van der Waals surface area contributed by atoms with Crippen LogP contribution in [0.25, 0.3) is 0 Å². The van der Waals surface area contributed by atoms with Gasteiger partial charge in [-0.3, -0.25) is 9.59 Å². The number of benzene rings is 1. The van der Waals surface area contributed by atoms with Crippen molar-refractivity contribution in [3.05, 3.63) is 24.3 Å². The molecule has 2 rings (SSSR count). The molecule has 0 atom stereocenters. The number of carbonyl (C=O) groups excluding carboxylic acids is 2. The molecule has 3 N–H and O–H groups in total. The highest BCUT2D eigenvalue weighted by Gasteiger charge is 2.29. The van der Waals surface area contributed by atoms with Gasteiger partial charge in [0.25, 0.3) is 0 Å². The van der Waals surface area contributed by atoms with Gasteiger partial charge in [-0.25, -0.2) is 8.42 Å². The number of carbonyl (C=O) groups is 2. The van der Waals surface area contributed by atoms with Crippen LogP contribution < -0.4 is 11.1 Å². The SMILES string of the molecule is CC(=O)Nc1ccc(S(=O)(=O)N2CCN(C(=O)CCN)CC2)cc1. The molecule has 0 radical (unpaired) electrons. The van der Waals surface area contributed by atoms with Crippen LogP contribution in [0.4, 0.5) is 5.69 Å². The van der Waals surface area contributed by atoms with Crippen LogP contribution in [-0.2, 0) is 19.6 Å². The second-order valence-corrected chi connectivity index (χ2v) is 7.47. The van der Waals surface area contributed by atoms with Gasteiger partial charge in [0.1, 0.15) is 0 Å². The number of rotatable bonds is 5. The van der Waals surface area contributed by atoms with Gasteiger partial charge in [-0.05, 0) is 24.3 Å². The van der Waals surface area contributed by atoms with Gasteiger partial charge in [-0.1, -0.05) is 0 Å². The predicted molar refractivity (Wildman–Crippen MR) is 89.8 cm³/mol. The molecule has 0 saturated carbocycles. The van der Waals surface area contributed by atoms with Crippen molar-refractivity contribution in [1.82, 2.24) is 9.21 Å². The van der Waals surface area contributed by atoms with Gasteiger partial charge in [-0.2, -0.15) is 4.31 Å². The first-order chi connectivity index (χ1) is 11.3. The lowest BCUT2D eigenvalue weighted by atomic mass is 10.3. The third-order valence-corrected chi connectivity index (χ3v) is 5.67. The summed E-state index contributed by atoms with van der Waals surface area (Å²) in [6.07, 6.45) is 0.275. The molecule has 1 fully saturated rings. The average molecular weight is 354 g/mol. The zero-order chi connectivity index (χ0) is 17.7. The summed E-state index contributed by atoms with van der Waals surface area (Å²) < 4.78 is 26.6. The van der Waals surface area contributed by atoms with Crippen LogP contribution in [0.5, 0.6) is 0 Å². The van der Waals surface area contributed by atoms with Crippen molar-refractivity contribution in [3.8, 4) is 0 Å². The highest BCUT2D eigenvalue weighted by molar-refractivity contribution is 7.89. The van der Waals surface area contributed by atoms with Crippen LogP contribution in [0, 0.1) is 0 Å². The van der Waals surface area contributed by atoms with E-state index < -0.39 is 10.0 Å². The molecule has 0 bridgehead atoms. The molecule has 132 valence electrons. The van der Waals surface area contributed by atoms with Gasteiger partial charge in [0.05, 0.1) is 4.90 Å². The molecule has 0 aromatic heterocycles. The molecule has 1 aromatic rings. The molecule has 1 saturated heterocycles. The summed E-state index contributed by atoms with van der Waals surface area (Å²) in [5.41, 5.74) is 5.91. The second kappa shape index (κ2) is 7.73. The molecular formula is C15H22N4O4S. The van der Waals surface area contributed by atoms with Gasteiger partial charge in [0, 0.05) is 51.8 Å². The first-order valence-electron chi connectivity index (χ1n) is 7.70. The van der Waals surface area contributed by atoms with Crippen LogP contribution >= 0.6 is 0 Å². The number of hydrogen-bond donors (Lipinski definition) is 2. The molecule has 1 aliphatic rings. The summed E-state index contributed by atoms with van der Waals surface area (Å²) in [5, 5.41) is 2.59. The number of amides is 2. The molecule has 1 aliphatic heterocycles. The van der Waals surface area contributed by atoms with Crippen molar-refractivity contribution < 1.29 is 18.0 Å². The molecule has 1 heterocycles.